The second kappa shape index (κ2) is 11.8. The lowest BCUT2D eigenvalue weighted by Gasteiger charge is -2.20. The number of aromatic hydroxyl groups is 1. The van der Waals surface area contributed by atoms with Gasteiger partial charge in [0.25, 0.3) is 5.91 Å². The maximum absolute atomic E-state index is 12.8. The van der Waals surface area contributed by atoms with Crippen LogP contribution in [0, 0.1) is 11.3 Å². The molecule has 174 valence electrons. The van der Waals surface area contributed by atoms with Crippen molar-refractivity contribution < 1.29 is 14.7 Å². The minimum Gasteiger partial charge on any atom is -0.506 e. The minimum atomic E-state index is -0.464. The number of benzene rings is 3. The van der Waals surface area contributed by atoms with Crippen LogP contribution in [0.15, 0.2) is 59.7 Å². The standard InChI is InChI=1S/C26H25ClN4O3/c1-2-3-13-31(14-12-28)25(33)16-18-8-9-20(22-7-5-4-6-21(18)22)17-29-30-26(34)19-10-11-24(32)23(27)15-19/h4-11,15,17,32H,2-3,13-14,16H2,1H3,(H,30,34). The first-order valence-electron chi connectivity index (χ1n) is 10.9. The van der Waals surface area contributed by atoms with Crippen molar-refractivity contribution in [3.63, 3.8) is 0 Å². The molecule has 0 aliphatic heterocycles. The molecule has 8 heteroatoms. The fourth-order valence-electron chi connectivity index (χ4n) is 3.53. The zero-order valence-corrected chi connectivity index (χ0v) is 19.5. The van der Waals surface area contributed by atoms with Gasteiger partial charge in [-0.05, 0) is 41.0 Å². The smallest absolute Gasteiger partial charge is 0.271 e. The lowest BCUT2D eigenvalue weighted by Crippen LogP contribution is -2.33. The number of carbonyl (C=O) groups excluding carboxylic acids is 2. The van der Waals surface area contributed by atoms with Gasteiger partial charge >= 0.3 is 0 Å². The predicted molar refractivity (Wildman–Crippen MR) is 133 cm³/mol. The molecule has 2 N–H and O–H groups in total. The molecule has 3 rings (SSSR count). The van der Waals surface area contributed by atoms with Crippen LogP contribution in [0.5, 0.6) is 5.75 Å². The fourth-order valence-corrected chi connectivity index (χ4v) is 3.71. The van der Waals surface area contributed by atoms with Gasteiger partial charge in [0.15, 0.2) is 0 Å². The van der Waals surface area contributed by atoms with Crippen LogP contribution in [0.3, 0.4) is 0 Å². The van der Waals surface area contributed by atoms with Crippen molar-refractivity contribution in [3.05, 3.63) is 76.3 Å². The molecule has 0 aliphatic rings. The molecule has 0 radical (unpaired) electrons. The number of amides is 2. The Morgan fingerprint density at radius 3 is 2.65 bits per heavy atom. The molecular formula is C26H25ClN4O3. The second-order valence-corrected chi connectivity index (χ2v) is 8.14. The third kappa shape index (κ3) is 6.12. The summed E-state index contributed by atoms with van der Waals surface area (Å²) in [6, 6.07) is 17.6. The van der Waals surface area contributed by atoms with Crippen LogP contribution in [0.2, 0.25) is 5.02 Å². The molecule has 0 spiro atoms. The average molecular weight is 477 g/mol. The summed E-state index contributed by atoms with van der Waals surface area (Å²) < 4.78 is 0. The molecule has 0 aromatic heterocycles. The van der Waals surface area contributed by atoms with Gasteiger partial charge < -0.3 is 10.0 Å². The van der Waals surface area contributed by atoms with E-state index in [1.54, 1.807) is 4.90 Å². The van der Waals surface area contributed by atoms with Gasteiger partial charge in [-0.3, -0.25) is 9.59 Å². The normalized spacial score (nSPS) is 10.9. The largest absolute Gasteiger partial charge is 0.506 e. The molecule has 2 amide bonds. The first-order valence-corrected chi connectivity index (χ1v) is 11.3. The molecule has 34 heavy (non-hydrogen) atoms. The van der Waals surface area contributed by atoms with Crippen LogP contribution in [0.4, 0.5) is 0 Å². The lowest BCUT2D eigenvalue weighted by molar-refractivity contribution is -0.129. The average Bonchev–Trinajstić information content (AvgIpc) is 2.84. The van der Waals surface area contributed by atoms with E-state index >= 15 is 0 Å². The molecule has 0 saturated carbocycles. The highest BCUT2D eigenvalue weighted by Gasteiger charge is 2.15. The summed E-state index contributed by atoms with van der Waals surface area (Å²) in [5.74, 6) is -0.649. The third-order valence-corrected chi connectivity index (χ3v) is 5.67. The van der Waals surface area contributed by atoms with E-state index < -0.39 is 5.91 Å². The Kier molecular flexibility index (Phi) is 8.60. The molecule has 0 atom stereocenters. The Balaban J connectivity index is 1.78. The maximum atomic E-state index is 12.8. The summed E-state index contributed by atoms with van der Waals surface area (Å²) in [5, 5.41) is 24.5. The topological polar surface area (TPSA) is 106 Å². The maximum Gasteiger partial charge on any atom is 0.271 e. The van der Waals surface area contributed by atoms with Crippen LogP contribution in [-0.2, 0) is 11.2 Å². The monoisotopic (exact) mass is 476 g/mol. The first kappa shape index (κ1) is 24.7. The zero-order valence-electron chi connectivity index (χ0n) is 18.8. The number of rotatable bonds is 9. The number of carbonyl (C=O) groups is 2. The second-order valence-electron chi connectivity index (χ2n) is 7.73. The van der Waals surface area contributed by atoms with E-state index in [0.29, 0.717) is 6.54 Å². The quantitative estimate of drug-likeness (QED) is 0.266. The van der Waals surface area contributed by atoms with Crippen LogP contribution in [-0.4, -0.2) is 41.1 Å². The van der Waals surface area contributed by atoms with Gasteiger partial charge in [-0.15, -0.1) is 0 Å². The number of unbranched alkanes of at least 4 members (excludes halogenated alkanes) is 1. The van der Waals surface area contributed by atoms with E-state index in [1.807, 2.05) is 43.3 Å². The number of hydrogen-bond acceptors (Lipinski definition) is 5. The lowest BCUT2D eigenvalue weighted by atomic mass is 9.98. The summed E-state index contributed by atoms with van der Waals surface area (Å²) >= 11 is 5.85. The molecule has 0 saturated heterocycles. The number of halogens is 1. The minimum absolute atomic E-state index is 0.0768. The summed E-state index contributed by atoms with van der Waals surface area (Å²) in [7, 11) is 0. The van der Waals surface area contributed by atoms with Gasteiger partial charge in [0.05, 0.1) is 23.7 Å². The van der Waals surface area contributed by atoms with Crippen molar-refractivity contribution in [2.75, 3.05) is 13.1 Å². The van der Waals surface area contributed by atoms with Crippen molar-refractivity contribution in [1.29, 1.82) is 5.26 Å². The fraction of sp³-hybridized carbons (Fsp3) is 0.231. The van der Waals surface area contributed by atoms with Crippen LogP contribution in [0.25, 0.3) is 10.8 Å². The number of nitriles is 1. The van der Waals surface area contributed by atoms with Crippen molar-refractivity contribution in [2.24, 2.45) is 5.10 Å². The molecule has 3 aromatic carbocycles. The highest BCUT2D eigenvalue weighted by Crippen LogP contribution is 2.24. The number of nitrogens with zero attached hydrogens (tertiary/aromatic N) is 3. The molecule has 0 fully saturated rings. The first-order chi connectivity index (χ1) is 16.4. The molecule has 0 aliphatic carbocycles. The Bertz CT molecular complexity index is 1270. The number of phenolic OH excluding ortho intramolecular Hbond substituents is 1. The Labute approximate surface area is 203 Å². The molecule has 0 unspecified atom stereocenters. The van der Waals surface area contributed by atoms with Crippen LogP contribution < -0.4 is 5.43 Å². The number of nitrogens with one attached hydrogen (secondary N) is 1. The number of phenols is 1. The third-order valence-electron chi connectivity index (χ3n) is 5.37. The van der Waals surface area contributed by atoms with E-state index in [4.69, 9.17) is 16.9 Å². The molecular weight excluding hydrogens is 452 g/mol. The van der Waals surface area contributed by atoms with Gasteiger partial charge in [-0.2, -0.15) is 10.4 Å². The number of hydrazone groups is 1. The SMILES string of the molecule is CCCCN(CC#N)C(=O)Cc1ccc(C=NNC(=O)c2ccc(O)c(Cl)c2)c2ccccc12. The Hall–Kier alpha value is -3.89. The van der Waals surface area contributed by atoms with Gasteiger partial charge in [0.2, 0.25) is 5.91 Å². The van der Waals surface area contributed by atoms with Crippen molar-refractivity contribution in [1.82, 2.24) is 10.3 Å². The number of fused-ring (bicyclic) bond motifs is 1. The van der Waals surface area contributed by atoms with Crippen LogP contribution in [0.1, 0.15) is 41.3 Å². The van der Waals surface area contributed by atoms with E-state index in [9.17, 15) is 14.7 Å². The highest BCUT2D eigenvalue weighted by molar-refractivity contribution is 6.32. The Morgan fingerprint density at radius 2 is 1.94 bits per heavy atom. The van der Waals surface area contributed by atoms with Gasteiger partial charge in [-0.25, -0.2) is 5.43 Å². The predicted octanol–water partition coefficient (Wildman–Crippen LogP) is 4.66. The van der Waals surface area contributed by atoms with Gasteiger partial charge in [0, 0.05) is 17.7 Å². The molecule has 0 heterocycles. The summed E-state index contributed by atoms with van der Waals surface area (Å²) in [6.45, 7) is 2.69. The van der Waals surface area contributed by atoms with E-state index in [1.165, 1.54) is 24.4 Å². The molecule has 0 bridgehead atoms. The summed E-state index contributed by atoms with van der Waals surface area (Å²) in [5.41, 5.74) is 4.36. The summed E-state index contributed by atoms with van der Waals surface area (Å²) in [6.07, 6.45) is 3.53. The Morgan fingerprint density at radius 1 is 1.18 bits per heavy atom. The zero-order chi connectivity index (χ0) is 24.5. The van der Waals surface area contributed by atoms with Crippen molar-refractivity contribution in [3.8, 4) is 11.8 Å². The van der Waals surface area contributed by atoms with Crippen molar-refractivity contribution in [2.45, 2.75) is 26.2 Å². The van der Waals surface area contributed by atoms with E-state index in [-0.39, 0.29) is 35.2 Å². The highest BCUT2D eigenvalue weighted by atomic mass is 35.5. The molecule has 3 aromatic rings. The molecule has 7 nitrogen and oxygen atoms in total. The summed E-state index contributed by atoms with van der Waals surface area (Å²) in [4.78, 5) is 26.7. The van der Waals surface area contributed by atoms with E-state index in [0.717, 1.165) is 34.7 Å². The van der Waals surface area contributed by atoms with E-state index in [2.05, 4.69) is 16.6 Å². The van der Waals surface area contributed by atoms with Gasteiger partial charge in [0.1, 0.15) is 12.3 Å². The number of hydrogen-bond donors (Lipinski definition) is 2. The van der Waals surface area contributed by atoms with Gasteiger partial charge in [-0.1, -0.05) is 61.3 Å². The van der Waals surface area contributed by atoms with Crippen molar-refractivity contribution >= 4 is 40.4 Å². The van der Waals surface area contributed by atoms with Crippen LogP contribution >= 0.6 is 11.6 Å².